The molecule has 0 bridgehead atoms. The Bertz CT molecular complexity index is 219. The molecule has 82 valence electrons. The van der Waals surface area contributed by atoms with Gasteiger partial charge in [0, 0.05) is 7.11 Å². The van der Waals surface area contributed by atoms with E-state index in [-0.39, 0.29) is 0 Å². The van der Waals surface area contributed by atoms with Crippen LogP contribution < -0.4 is 5.43 Å². The second-order valence-electron chi connectivity index (χ2n) is 3.89. The van der Waals surface area contributed by atoms with Crippen molar-refractivity contribution in [2.24, 2.45) is 5.10 Å². The lowest BCUT2D eigenvalue weighted by Crippen LogP contribution is -2.30. The summed E-state index contributed by atoms with van der Waals surface area (Å²) in [6.07, 6.45) is -0.562. The summed E-state index contributed by atoms with van der Waals surface area (Å²) < 4.78 is 9.78. The molecule has 0 saturated carbocycles. The van der Waals surface area contributed by atoms with Crippen molar-refractivity contribution in [2.75, 3.05) is 13.7 Å². The molecule has 0 spiro atoms. The summed E-state index contributed by atoms with van der Waals surface area (Å²) in [5.74, 6) is 0. The van der Waals surface area contributed by atoms with Crippen molar-refractivity contribution in [1.82, 2.24) is 5.43 Å². The van der Waals surface area contributed by atoms with Crippen molar-refractivity contribution in [1.29, 1.82) is 0 Å². The molecule has 0 saturated heterocycles. The van der Waals surface area contributed by atoms with Gasteiger partial charge >= 0.3 is 6.09 Å². The van der Waals surface area contributed by atoms with Crippen LogP contribution in [0, 0.1) is 0 Å². The Kier molecular flexibility index (Phi) is 5.15. The molecule has 1 amide bonds. The van der Waals surface area contributed by atoms with Gasteiger partial charge in [-0.25, -0.2) is 10.2 Å². The first-order chi connectivity index (χ1) is 6.35. The Balaban J connectivity index is 3.90. The third kappa shape index (κ3) is 7.54. The van der Waals surface area contributed by atoms with Crippen molar-refractivity contribution in [3.8, 4) is 0 Å². The number of hydrazone groups is 1. The van der Waals surface area contributed by atoms with Crippen LogP contribution in [-0.2, 0) is 9.47 Å². The number of ether oxygens (including phenoxy) is 2. The minimum atomic E-state index is -0.562. The van der Waals surface area contributed by atoms with Gasteiger partial charge in [0.05, 0.1) is 12.3 Å². The Hall–Kier alpha value is -1.10. The monoisotopic (exact) mass is 202 g/mol. The van der Waals surface area contributed by atoms with Gasteiger partial charge in [0.25, 0.3) is 0 Å². The molecule has 0 aliphatic carbocycles. The minimum Gasteiger partial charge on any atom is -0.443 e. The average Bonchev–Trinajstić information content (AvgIpc) is 1.98. The third-order valence-electron chi connectivity index (χ3n) is 1.09. The highest BCUT2D eigenvalue weighted by molar-refractivity contribution is 5.84. The largest absolute Gasteiger partial charge is 0.443 e. The second-order valence-corrected chi connectivity index (χ2v) is 3.89. The second kappa shape index (κ2) is 5.59. The first-order valence-electron chi connectivity index (χ1n) is 4.36. The van der Waals surface area contributed by atoms with Crippen LogP contribution >= 0.6 is 0 Å². The first-order valence-corrected chi connectivity index (χ1v) is 4.36. The smallest absolute Gasteiger partial charge is 0.428 e. The summed E-state index contributed by atoms with van der Waals surface area (Å²) in [4.78, 5) is 11.1. The molecule has 14 heavy (non-hydrogen) atoms. The zero-order valence-electron chi connectivity index (χ0n) is 9.38. The molecule has 0 rings (SSSR count). The minimum absolute atomic E-state index is 0.385. The molecular weight excluding hydrogens is 184 g/mol. The fourth-order valence-electron chi connectivity index (χ4n) is 0.683. The van der Waals surface area contributed by atoms with E-state index < -0.39 is 11.7 Å². The number of carbonyl (C=O) groups is 1. The Morgan fingerprint density at radius 1 is 1.43 bits per heavy atom. The molecule has 0 heterocycles. The number of rotatable bonds is 3. The number of amides is 1. The Morgan fingerprint density at radius 2 is 2.00 bits per heavy atom. The van der Waals surface area contributed by atoms with Gasteiger partial charge < -0.3 is 9.47 Å². The SMILES string of the molecule is COC/C(C)=N/NC(=O)OC(C)(C)C. The van der Waals surface area contributed by atoms with Crippen molar-refractivity contribution in [3.63, 3.8) is 0 Å². The van der Waals surface area contributed by atoms with Gasteiger partial charge in [-0.15, -0.1) is 0 Å². The summed E-state index contributed by atoms with van der Waals surface area (Å²) in [5, 5.41) is 3.77. The Morgan fingerprint density at radius 3 is 2.43 bits per heavy atom. The zero-order valence-corrected chi connectivity index (χ0v) is 9.38. The number of methoxy groups -OCH3 is 1. The Labute approximate surface area is 84.5 Å². The van der Waals surface area contributed by atoms with E-state index in [1.54, 1.807) is 34.8 Å². The molecule has 5 heteroatoms. The molecule has 0 aromatic heterocycles. The quantitative estimate of drug-likeness (QED) is 0.557. The maximum atomic E-state index is 11.1. The van der Waals surface area contributed by atoms with Gasteiger partial charge in [0.15, 0.2) is 0 Å². The van der Waals surface area contributed by atoms with Crippen LogP contribution in [0.25, 0.3) is 0 Å². The van der Waals surface area contributed by atoms with E-state index in [1.165, 1.54) is 0 Å². The summed E-state index contributed by atoms with van der Waals surface area (Å²) in [5.41, 5.74) is 2.44. The van der Waals surface area contributed by atoms with Crippen LogP contribution in [0.15, 0.2) is 5.10 Å². The van der Waals surface area contributed by atoms with Crippen LogP contribution in [0.4, 0.5) is 4.79 Å². The highest BCUT2D eigenvalue weighted by Gasteiger charge is 2.15. The molecule has 0 aromatic rings. The van der Waals surface area contributed by atoms with Gasteiger partial charge in [-0.05, 0) is 27.7 Å². The maximum absolute atomic E-state index is 11.1. The fraction of sp³-hybridized carbons (Fsp3) is 0.778. The molecule has 0 fully saturated rings. The lowest BCUT2D eigenvalue weighted by atomic mass is 10.2. The molecule has 0 radical (unpaired) electrons. The lowest BCUT2D eigenvalue weighted by Gasteiger charge is -2.18. The maximum Gasteiger partial charge on any atom is 0.428 e. The zero-order chi connectivity index (χ0) is 11.2. The number of nitrogens with zero attached hydrogens (tertiary/aromatic N) is 1. The summed E-state index contributed by atoms with van der Waals surface area (Å²) in [6, 6.07) is 0. The van der Waals surface area contributed by atoms with E-state index in [2.05, 4.69) is 10.5 Å². The average molecular weight is 202 g/mol. The highest BCUT2D eigenvalue weighted by Crippen LogP contribution is 2.06. The van der Waals surface area contributed by atoms with E-state index in [0.29, 0.717) is 12.3 Å². The normalized spacial score (nSPS) is 12.5. The van der Waals surface area contributed by atoms with Crippen molar-refractivity contribution >= 4 is 11.8 Å². The number of carbonyl (C=O) groups excluding carboxylic acids is 1. The fourth-order valence-corrected chi connectivity index (χ4v) is 0.683. The predicted molar refractivity (Wildman–Crippen MR) is 54.4 cm³/mol. The molecular formula is C9H18N2O3. The topological polar surface area (TPSA) is 59.9 Å². The van der Waals surface area contributed by atoms with E-state index >= 15 is 0 Å². The standard InChI is InChI=1S/C9H18N2O3/c1-7(6-13-5)10-11-8(12)14-9(2,3)4/h6H2,1-5H3,(H,11,12)/b10-7+. The van der Waals surface area contributed by atoms with Crippen LogP contribution in [0.1, 0.15) is 27.7 Å². The van der Waals surface area contributed by atoms with Crippen LogP contribution in [0.3, 0.4) is 0 Å². The molecule has 0 atom stereocenters. The van der Waals surface area contributed by atoms with E-state index in [0.717, 1.165) is 0 Å². The van der Waals surface area contributed by atoms with Gasteiger partial charge in [-0.2, -0.15) is 5.10 Å². The van der Waals surface area contributed by atoms with Crippen molar-refractivity contribution in [2.45, 2.75) is 33.3 Å². The van der Waals surface area contributed by atoms with Gasteiger partial charge in [-0.1, -0.05) is 0 Å². The van der Waals surface area contributed by atoms with Gasteiger partial charge in [0.1, 0.15) is 5.60 Å². The van der Waals surface area contributed by atoms with Gasteiger partial charge in [-0.3, -0.25) is 0 Å². The van der Waals surface area contributed by atoms with Crippen molar-refractivity contribution in [3.05, 3.63) is 0 Å². The lowest BCUT2D eigenvalue weighted by molar-refractivity contribution is 0.0529. The van der Waals surface area contributed by atoms with Crippen LogP contribution in [0.5, 0.6) is 0 Å². The number of hydrogen-bond acceptors (Lipinski definition) is 4. The van der Waals surface area contributed by atoms with Crippen LogP contribution in [0.2, 0.25) is 0 Å². The summed E-state index contributed by atoms with van der Waals surface area (Å²) >= 11 is 0. The van der Waals surface area contributed by atoms with E-state index in [4.69, 9.17) is 9.47 Å². The number of nitrogens with one attached hydrogen (secondary N) is 1. The number of hydrogen-bond donors (Lipinski definition) is 1. The molecule has 0 aliphatic heterocycles. The summed E-state index contributed by atoms with van der Waals surface area (Å²) in [7, 11) is 1.56. The highest BCUT2D eigenvalue weighted by atomic mass is 16.6. The van der Waals surface area contributed by atoms with Gasteiger partial charge in [0.2, 0.25) is 0 Å². The molecule has 1 N–H and O–H groups in total. The van der Waals surface area contributed by atoms with E-state index in [1.807, 2.05) is 0 Å². The van der Waals surface area contributed by atoms with E-state index in [9.17, 15) is 4.79 Å². The molecule has 0 aromatic carbocycles. The van der Waals surface area contributed by atoms with Crippen LogP contribution in [-0.4, -0.2) is 31.1 Å². The predicted octanol–water partition coefficient (Wildman–Crippen LogP) is 1.53. The molecule has 0 unspecified atom stereocenters. The third-order valence-corrected chi connectivity index (χ3v) is 1.09. The molecule has 5 nitrogen and oxygen atoms in total. The molecule has 0 aliphatic rings. The van der Waals surface area contributed by atoms with Crippen molar-refractivity contribution < 1.29 is 14.3 Å². The summed E-state index contributed by atoms with van der Waals surface area (Å²) in [6.45, 7) is 7.51. The first kappa shape index (κ1) is 12.9.